The summed E-state index contributed by atoms with van der Waals surface area (Å²) in [5.74, 6) is 1.73. The van der Waals surface area contributed by atoms with Crippen LogP contribution >= 0.6 is 0 Å². The molecule has 3 aromatic carbocycles. The highest BCUT2D eigenvalue weighted by atomic mass is 16.6. The smallest absolute Gasteiger partial charge is 0.340 e. The van der Waals surface area contributed by atoms with Crippen molar-refractivity contribution in [3.63, 3.8) is 0 Å². The second-order valence-electron chi connectivity index (χ2n) is 7.54. The van der Waals surface area contributed by atoms with Crippen LogP contribution in [-0.4, -0.2) is 12.1 Å². The van der Waals surface area contributed by atoms with Crippen LogP contribution in [0.2, 0.25) is 0 Å². The summed E-state index contributed by atoms with van der Waals surface area (Å²) < 4.78 is 18.2. The van der Waals surface area contributed by atoms with E-state index in [1.54, 1.807) is 0 Å². The lowest BCUT2D eigenvalue weighted by atomic mass is 9.77. The molecular formula is C24H20O4. The van der Waals surface area contributed by atoms with Crippen LogP contribution in [0.15, 0.2) is 60.7 Å². The van der Waals surface area contributed by atoms with Crippen molar-refractivity contribution < 1.29 is 19.0 Å². The van der Waals surface area contributed by atoms with Gasteiger partial charge in [0.2, 0.25) is 0 Å². The number of ether oxygens (including phenoxy) is 3. The quantitative estimate of drug-likeness (QED) is 0.569. The first-order valence-electron chi connectivity index (χ1n) is 9.42. The monoisotopic (exact) mass is 372 g/mol. The van der Waals surface area contributed by atoms with Gasteiger partial charge in [0.15, 0.2) is 5.60 Å². The predicted molar refractivity (Wildman–Crippen MR) is 105 cm³/mol. The van der Waals surface area contributed by atoms with Gasteiger partial charge in [0.1, 0.15) is 17.2 Å². The van der Waals surface area contributed by atoms with Gasteiger partial charge in [-0.05, 0) is 50.6 Å². The van der Waals surface area contributed by atoms with E-state index >= 15 is 0 Å². The van der Waals surface area contributed by atoms with E-state index in [-0.39, 0.29) is 12.1 Å². The third-order valence-corrected chi connectivity index (χ3v) is 5.21. The maximum Gasteiger partial charge on any atom is 0.340 e. The summed E-state index contributed by atoms with van der Waals surface area (Å²) in [6.07, 6.45) is 0.0511. The minimum absolute atomic E-state index is 0.0511. The first-order valence-corrected chi connectivity index (χ1v) is 9.42. The Hall–Kier alpha value is -3.27. The van der Waals surface area contributed by atoms with Crippen molar-refractivity contribution in [2.45, 2.75) is 32.5 Å². The Labute approximate surface area is 163 Å². The Morgan fingerprint density at radius 2 is 1.61 bits per heavy atom. The second kappa shape index (κ2) is 5.86. The Bertz CT molecular complexity index is 1120. The van der Waals surface area contributed by atoms with Gasteiger partial charge < -0.3 is 14.2 Å². The number of hydrogen-bond donors (Lipinski definition) is 0. The molecule has 0 fully saturated rings. The average Bonchev–Trinajstić information content (AvgIpc) is 2.95. The molecule has 0 bridgehead atoms. The van der Waals surface area contributed by atoms with E-state index in [0.717, 1.165) is 28.0 Å². The number of carbonyl (C=O) groups is 1. The highest BCUT2D eigenvalue weighted by molar-refractivity contribution is 5.97. The van der Waals surface area contributed by atoms with Crippen LogP contribution in [0.4, 0.5) is 0 Å². The molecule has 0 saturated heterocycles. The molecule has 0 saturated carbocycles. The first kappa shape index (κ1) is 16.9. The lowest BCUT2D eigenvalue weighted by molar-refractivity contribution is 0.0224. The van der Waals surface area contributed by atoms with Gasteiger partial charge in [-0.25, -0.2) is 4.79 Å². The molecule has 2 heterocycles. The normalized spacial score (nSPS) is 18.9. The number of aryl methyl sites for hydroxylation is 1. The van der Waals surface area contributed by atoms with Gasteiger partial charge in [0.05, 0.1) is 11.7 Å². The van der Waals surface area contributed by atoms with Gasteiger partial charge in [-0.15, -0.1) is 0 Å². The summed E-state index contributed by atoms with van der Waals surface area (Å²) >= 11 is 0. The number of rotatable bonds is 2. The van der Waals surface area contributed by atoms with Gasteiger partial charge >= 0.3 is 5.97 Å². The molecule has 1 atom stereocenters. The van der Waals surface area contributed by atoms with Crippen molar-refractivity contribution in [3.8, 4) is 17.2 Å². The topological polar surface area (TPSA) is 44.8 Å². The predicted octanol–water partition coefficient (Wildman–Crippen LogP) is 5.35. The summed E-state index contributed by atoms with van der Waals surface area (Å²) in [6, 6.07) is 19.2. The van der Waals surface area contributed by atoms with Gasteiger partial charge in [0.25, 0.3) is 0 Å². The molecule has 4 nitrogen and oxygen atoms in total. The molecule has 1 spiro atoms. The summed E-state index contributed by atoms with van der Waals surface area (Å²) in [5, 5.41) is 0. The molecule has 1 unspecified atom stereocenters. The molecule has 5 rings (SSSR count). The number of fused-ring (bicyclic) bond motifs is 6. The van der Waals surface area contributed by atoms with E-state index < -0.39 is 5.60 Å². The van der Waals surface area contributed by atoms with Crippen molar-refractivity contribution in [3.05, 3.63) is 88.5 Å². The number of hydrogen-bond acceptors (Lipinski definition) is 4. The maximum absolute atomic E-state index is 12.8. The third-order valence-electron chi connectivity index (χ3n) is 5.21. The molecule has 0 aromatic heterocycles. The van der Waals surface area contributed by atoms with Crippen molar-refractivity contribution in [2.75, 3.05) is 0 Å². The van der Waals surface area contributed by atoms with Crippen molar-refractivity contribution in [1.82, 2.24) is 0 Å². The molecule has 0 N–H and O–H groups in total. The molecule has 2 aliphatic heterocycles. The molecule has 0 radical (unpaired) electrons. The van der Waals surface area contributed by atoms with Crippen molar-refractivity contribution in [2.24, 2.45) is 0 Å². The average molecular weight is 372 g/mol. The van der Waals surface area contributed by atoms with E-state index in [0.29, 0.717) is 17.1 Å². The lowest BCUT2D eigenvalue weighted by Gasteiger charge is -2.36. The van der Waals surface area contributed by atoms with E-state index in [4.69, 9.17) is 14.2 Å². The SMILES string of the molecule is Cc1ccc2c(c1)Oc1cc(OC(C)C)ccc1C21OC(=O)c2ccccc21. The van der Waals surface area contributed by atoms with Crippen molar-refractivity contribution in [1.29, 1.82) is 0 Å². The van der Waals surface area contributed by atoms with E-state index in [1.807, 2.05) is 81.4 Å². The number of carbonyl (C=O) groups excluding carboxylic acids is 1. The molecule has 28 heavy (non-hydrogen) atoms. The van der Waals surface area contributed by atoms with Crippen LogP contribution < -0.4 is 9.47 Å². The Balaban J connectivity index is 1.80. The van der Waals surface area contributed by atoms with Gasteiger partial charge in [0, 0.05) is 22.8 Å². The lowest BCUT2D eigenvalue weighted by Crippen LogP contribution is -2.33. The highest BCUT2D eigenvalue weighted by Crippen LogP contribution is 2.56. The number of esters is 1. The highest BCUT2D eigenvalue weighted by Gasteiger charge is 2.53. The zero-order valence-corrected chi connectivity index (χ0v) is 16.0. The molecular weight excluding hydrogens is 352 g/mol. The summed E-state index contributed by atoms with van der Waals surface area (Å²) in [6.45, 7) is 5.98. The Morgan fingerprint density at radius 3 is 2.39 bits per heavy atom. The maximum atomic E-state index is 12.8. The standard InChI is InChI=1S/C24H20O4/c1-14(2)26-16-9-11-20-22(13-16)27-21-12-15(3)8-10-19(21)24(20)18-7-5-4-6-17(18)23(25)28-24/h4-14H,1-3H3. The molecule has 140 valence electrons. The van der Waals surface area contributed by atoms with Gasteiger partial charge in [-0.1, -0.05) is 30.3 Å². The second-order valence-corrected chi connectivity index (χ2v) is 7.54. The van der Waals surface area contributed by atoms with Gasteiger partial charge in [-0.2, -0.15) is 0 Å². The fourth-order valence-electron chi connectivity index (χ4n) is 4.11. The zero-order chi connectivity index (χ0) is 19.5. The molecule has 2 aliphatic rings. The van der Waals surface area contributed by atoms with E-state index in [9.17, 15) is 4.79 Å². The van der Waals surface area contributed by atoms with Crippen LogP contribution in [0.5, 0.6) is 17.2 Å². The third kappa shape index (κ3) is 2.27. The van der Waals surface area contributed by atoms with Crippen LogP contribution in [-0.2, 0) is 10.3 Å². The largest absolute Gasteiger partial charge is 0.491 e. The van der Waals surface area contributed by atoms with E-state index in [2.05, 4.69) is 0 Å². The summed E-state index contributed by atoms with van der Waals surface area (Å²) in [4.78, 5) is 12.8. The molecule has 0 aliphatic carbocycles. The first-order chi connectivity index (χ1) is 13.5. The fourth-order valence-corrected chi connectivity index (χ4v) is 4.11. The van der Waals surface area contributed by atoms with Crippen LogP contribution in [0.1, 0.15) is 46.5 Å². The van der Waals surface area contributed by atoms with Gasteiger partial charge in [-0.3, -0.25) is 0 Å². The summed E-state index contributed by atoms with van der Waals surface area (Å²) in [7, 11) is 0. The molecule has 0 amide bonds. The van der Waals surface area contributed by atoms with E-state index in [1.165, 1.54) is 0 Å². The Morgan fingerprint density at radius 1 is 0.893 bits per heavy atom. The van der Waals surface area contributed by atoms with Crippen LogP contribution in [0, 0.1) is 6.92 Å². The van der Waals surface area contributed by atoms with Crippen LogP contribution in [0.25, 0.3) is 0 Å². The Kier molecular flexibility index (Phi) is 3.53. The minimum atomic E-state index is -1.01. The molecule has 3 aromatic rings. The minimum Gasteiger partial charge on any atom is -0.491 e. The zero-order valence-electron chi connectivity index (χ0n) is 16.0. The number of benzene rings is 3. The fraction of sp³-hybridized carbons (Fsp3) is 0.208. The molecule has 4 heteroatoms. The van der Waals surface area contributed by atoms with Crippen molar-refractivity contribution >= 4 is 5.97 Å². The van der Waals surface area contributed by atoms with Crippen LogP contribution in [0.3, 0.4) is 0 Å². The summed E-state index contributed by atoms with van der Waals surface area (Å²) in [5.41, 5.74) is 3.13.